The van der Waals surface area contributed by atoms with Crippen molar-refractivity contribution in [1.82, 2.24) is 10.2 Å². The molecular weight excluding hydrogens is 352 g/mol. The molecule has 2 N–H and O–H groups in total. The lowest BCUT2D eigenvalue weighted by Gasteiger charge is -2.24. The van der Waals surface area contributed by atoms with Gasteiger partial charge in [0.2, 0.25) is 11.8 Å². The number of hydrogen-bond acceptors (Lipinski definition) is 4. The van der Waals surface area contributed by atoms with Crippen LogP contribution in [0.5, 0.6) is 0 Å². The molecule has 0 radical (unpaired) electrons. The van der Waals surface area contributed by atoms with Gasteiger partial charge < -0.3 is 20.4 Å². The van der Waals surface area contributed by atoms with Crippen LogP contribution in [0.1, 0.15) is 18.4 Å². The van der Waals surface area contributed by atoms with Gasteiger partial charge in [-0.15, -0.1) is 0 Å². The molecule has 0 heterocycles. The predicted molar refractivity (Wildman–Crippen MR) is 112 cm³/mol. The van der Waals surface area contributed by atoms with Crippen LogP contribution in [-0.4, -0.2) is 49.9 Å². The van der Waals surface area contributed by atoms with E-state index in [1.165, 1.54) is 10.5 Å². The molecule has 0 bridgehead atoms. The molecule has 0 aromatic heterocycles. The van der Waals surface area contributed by atoms with Gasteiger partial charge in [-0.3, -0.25) is 9.59 Å². The van der Waals surface area contributed by atoms with Crippen molar-refractivity contribution in [2.75, 3.05) is 37.4 Å². The van der Waals surface area contributed by atoms with Crippen LogP contribution in [0.25, 0.3) is 0 Å². The normalized spacial score (nSPS) is 12.9. The summed E-state index contributed by atoms with van der Waals surface area (Å²) in [5.41, 5.74) is 3.13. The van der Waals surface area contributed by atoms with E-state index in [1.54, 1.807) is 7.05 Å². The summed E-state index contributed by atoms with van der Waals surface area (Å²) in [6, 6.07) is 18.5. The highest BCUT2D eigenvalue weighted by atomic mass is 16.2. The van der Waals surface area contributed by atoms with Crippen molar-refractivity contribution in [3.63, 3.8) is 0 Å². The smallest absolute Gasteiger partial charge is 0.242 e. The standard InChI is InChI=1S/C22H28N4O2/c1-25(15-17-8-4-3-5-9-17)20-11-7-6-10-19(20)23-14-22(28)26(2)16-21(27)24-18-12-13-18/h3-11,18,23H,12-16H2,1-2H3,(H,24,27). The number of hydrogen-bond donors (Lipinski definition) is 2. The van der Waals surface area contributed by atoms with Crippen molar-refractivity contribution in [1.29, 1.82) is 0 Å². The van der Waals surface area contributed by atoms with E-state index in [0.717, 1.165) is 30.8 Å². The maximum atomic E-state index is 12.4. The van der Waals surface area contributed by atoms with Gasteiger partial charge in [-0.05, 0) is 30.5 Å². The van der Waals surface area contributed by atoms with Crippen LogP contribution in [0, 0.1) is 0 Å². The lowest BCUT2D eigenvalue weighted by atomic mass is 10.2. The first-order valence-corrected chi connectivity index (χ1v) is 9.64. The van der Waals surface area contributed by atoms with Gasteiger partial charge in [-0.25, -0.2) is 0 Å². The highest BCUT2D eigenvalue weighted by Crippen LogP contribution is 2.25. The Hall–Kier alpha value is -3.02. The number of carbonyl (C=O) groups is 2. The van der Waals surface area contributed by atoms with Crippen LogP contribution < -0.4 is 15.5 Å². The molecule has 0 unspecified atom stereocenters. The van der Waals surface area contributed by atoms with E-state index >= 15 is 0 Å². The maximum Gasteiger partial charge on any atom is 0.242 e. The van der Waals surface area contributed by atoms with E-state index in [4.69, 9.17) is 0 Å². The number of likely N-dealkylation sites (N-methyl/N-ethyl adjacent to an activating group) is 1. The second-order valence-corrected chi connectivity index (χ2v) is 7.30. The van der Waals surface area contributed by atoms with Crippen molar-refractivity contribution >= 4 is 23.2 Å². The minimum absolute atomic E-state index is 0.0899. The van der Waals surface area contributed by atoms with Crippen LogP contribution in [0.4, 0.5) is 11.4 Å². The minimum atomic E-state index is -0.119. The maximum absolute atomic E-state index is 12.4. The van der Waals surface area contributed by atoms with Crippen molar-refractivity contribution in [3.05, 3.63) is 60.2 Å². The number of nitrogens with zero attached hydrogens (tertiary/aromatic N) is 2. The van der Waals surface area contributed by atoms with E-state index in [0.29, 0.717) is 6.04 Å². The first kappa shape index (κ1) is 19.7. The molecule has 2 amide bonds. The minimum Gasteiger partial charge on any atom is -0.374 e. The zero-order valence-corrected chi connectivity index (χ0v) is 16.5. The Bertz CT molecular complexity index is 805. The van der Waals surface area contributed by atoms with Crippen LogP contribution in [-0.2, 0) is 16.1 Å². The fourth-order valence-corrected chi connectivity index (χ4v) is 3.01. The average Bonchev–Trinajstić information content (AvgIpc) is 3.50. The molecule has 2 aromatic rings. The predicted octanol–water partition coefficient (Wildman–Crippen LogP) is 2.47. The molecule has 1 aliphatic carbocycles. The van der Waals surface area contributed by atoms with Crippen molar-refractivity contribution in [2.45, 2.75) is 25.4 Å². The summed E-state index contributed by atoms with van der Waals surface area (Å²) in [6.45, 7) is 1.00. The molecule has 0 spiro atoms. The Labute approximate surface area is 166 Å². The fourth-order valence-electron chi connectivity index (χ4n) is 3.01. The Kier molecular flexibility index (Phi) is 6.53. The van der Waals surface area contributed by atoms with Gasteiger partial charge >= 0.3 is 0 Å². The lowest BCUT2D eigenvalue weighted by molar-refractivity contribution is -0.133. The summed E-state index contributed by atoms with van der Waals surface area (Å²) in [4.78, 5) is 27.9. The summed E-state index contributed by atoms with van der Waals surface area (Å²) in [7, 11) is 3.69. The topological polar surface area (TPSA) is 64.7 Å². The molecule has 3 rings (SSSR count). The van der Waals surface area contributed by atoms with E-state index in [2.05, 4.69) is 27.7 Å². The van der Waals surface area contributed by atoms with E-state index in [9.17, 15) is 9.59 Å². The third-order valence-electron chi connectivity index (χ3n) is 4.76. The van der Waals surface area contributed by atoms with Gasteiger partial charge in [0.05, 0.1) is 24.5 Å². The van der Waals surface area contributed by atoms with Gasteiger partial charge in [0.25, 0.3) is 0 Å². The third-order valence-corrected chi connectivity index (χ3v) is 4.76. The zero-order valence-electron chi connectivity index (χ0n) is 16.5. The average molecular weight is 380 g/mol. The Morgan fingerprint density at radius 3 is 2.39 bits per heavy atom. The quantitative estimate of drug-likeness (QED) is 0.702. The Morgan fingerprint density at radius 1 is 1.00 bits per heavy atom. The van der Waals surface area contributed by atoms with Crippen LogP contribution >= 0.6 is 0 Å². The highest BCUT2D eigenvalue weighted by Gasteiger charge is 2.24. The van der Waals surface area contributed by atoms with E-state index in [1.807, 2.05) is 49.5 Å². The summed E-state index contributed by atoms with van der Waals surface area (Å²) >= 11 is 0. The highest BCUT2D eigenvalue weighted by molar-refractivity contribution is 5.87. The molecule has 0 saturated heterocycles. The summed E-state index contributed by atoms with van der Waals surface area (Å²) in [5.74, 6) is -0.215. The molecule has 2 aromatic carbocycles. The lowest BCUT2D eigenvalue weighted by Crippen LogP contribution is -2.41. The van der Waals surface area contributed by atoms with Crippen molar-refractivity contribution < 1.29 is 9.59 Å². The number of amides is 2. The third kappa shape index (κ3) is 5.74. The molecule has 1 saturated carbocycles. The molecule has 6 nitrogen and oxygen atoms in total. The Morgan fingerprint density at radius 2 is 1.68 bits per heavy atom. The number of rotatable bonds is 9. The first-order chi connectivity index (χ1) is 13.5. The Balaban J connectivity index is 1.55. The second-order valence-electron chi connectivity index (χ2n) is 7.30. The van der Waals surface area contributed by atoms with Crippen molar-refractivity contribution in [2.24, 2.45) is 0 Å². The fraction of sp³-hybridized carbons (Fsp3) is 0.364. The largest absolute Gasteiger partial charge is 0.374 e. The monoisotopic (exact) mass is 380 g/mol. The zero-order chi connectivity index (χ0) is 19.9. The molecule has 0 atom stereocenters. The molecule has 0 aliphatic heterocycles. The number of carbonyl (C=O) groups excluding carboxylic acids is 2. The molecular formula is C22H28N4O2. The second kappa shape index (κ2) is 9.26. The SMILES string of the molecule is CN(CC(=O)NC1CC1)C(=O)CNc1ccccc1N(C)Cc1ccccc1. The van der Waals surface area contributed by atoms with Gasteiger partial charge in [0.15, 0.2) is 0 Å². The summed E-state index contributed by atoms with van der Waals surface area (Å²) in [6.07, 6.45) is 2.08. The molecule has 1 aliphatic rings. The number of nitrogens with one attached hydrogen (secondary N) is 2. The van der Waals surface area contributed by atoms with Gasteiger partial charge in [0, 0.05) is 26.7 Å². The number of anilines is 2. The van der Waals surface area contributed by atoms with Gasteiger partial charge in [-0.2, -0.15) is 0 Å². The molecule has 6 heteroatoms. The van der Waals surface area contributed by atoms with Crippen molar-refractivity contribution in [3.8, 4) is 0 Å². The number of para-hydroxylation sites is 2. The number of benzene rings is 2. The van der Waals surface area contributed by atoms with Gasteiger partial charge in [0.1, 0.15) is 0 Å². The van der Waals surface area contributed by atoms with E-state index in [-0.39, 0.29) is 24.9 Å². The van der Waals surface area contributed by atoms with Gasteiger partial charge in [-0.1, -0.05) is 42.5 Å². The summed E-state index contributed by atoms with van der Waals surface area (Å²) in [5, 5.41) is 6.12. The van der Waals surface area contributed by atoms with Crippen LogP contribution in [0.2, 0.25) is 0 Å². The van der Waals surface area contributed by atoms with E-state index < -0.39 is 0 Å². The molecule has 148 valence electrons. The molecule has 28 heavy (non-hydrogen) atoms. The summed E-state index contributed by atoms with van der Waals surface area (Å²) < 4.78 is 0. The first-order valence-electron chi connectivity index (χ1n) is 9.64. The van der Waals surface area contributed by atoms with Crippen LogP contribution in [0.3, 0.4) is 0 Å². The van der Waals surface area contributed by atoms with Crippen LogP contribution in [0.15, 0.2) is 54.6 Å². The molecule has 1 fully saturated rings.